The number of hydrogen-bond donors (Lipinski definition) is 1. The molecule has 2 aliphatic rings. The summed E-state index contributed by atoms with van der Waals surface area (Å²) >= 11 is 6.45. The molecule has 0 spiro atoms. The number of hydrazone groups is 1. The number of ether oxygens (including phenoxy) is 3. The minimum Gasteiger partial charge on any atom is -0.497 e. The molecule has 2 aliphatic heterocycles. The first kappa shape index (κ1) is 28.3. The summed E-state index contributed by atoms with van der Waals surface area (Å²) in [6, 6.07) is 8.63. The zero-order chi connectivity index (χ0) is 29.6. The summed E-state index contributed by atoms with van der Waals surface area (Å²) in [6.45, 7) is 5.85. The van der Waals surface area contributed by atoms with Crippen molar-refractivity contribution in [2.75, 3.05) is 32.9 Å². The van der Waals surface area contributed by atoms with Crippen molar-refractivity contribution in [3.8, 4) is 28.4 Å². The first-order valence-corrected chi connectivity index (χ1v) is 13.4. The molecule has 1 amide bonds. The number of anilines is 1. The van der Waals surface area contributed by atoms with Crippen LogP contribution in [-0.2, 0) is 16.1 Å². The number of carbonyl (C=O) groups is 2. The number of rotatable bonds is 7. The van der Waals surface area contributed by atoms with E-state index in [1.807, 2.05) is 32.9 Å². The highest BCUT2D eigenvalue weighted by Crippen LogP contribution is 2.50. The van der Waals surface area contributed by atoms with Crippen molar-refractivity contribution in [3.63, 3.8) is 0 Å². The second-order valence-electron chi connectivity index (χ2n) is 11.0. The summed E-state index contributed by atoms with van der Waals surface area (Å²) in [7, 11) is 4.88. The third-order valence-corrected chi connectivity index (χ3v) is 7.63. The van der Waals surface area contributed by atoms with Crippen molar-refractivity contribution in [1.29, 1.82) is 0 Å². The summed E-state index contributed by atoms with van der Waals surface area (Å²) in [4.78, 5) is 26.7. The average Bonchev–Trinajstić information content (AvgIpc) is 3.55. The van der Waals surface area contributed by atoms with Crippen LogP contribution in [0, 0.1) is 5.92 Å². The molecule has 41 heavy (non-hydrogen) atoms. The van der Waals surface area contributed by atoms with Crippen molar-refractivity contribution < 1.29 is 28.9 Å². The highest BCUT2D eigenvalue weighted by molar-refractivity contribution is 6.40. The lowest BCUT2D eigenvalue weighted by Gasteiger charge is -2.36. The van der Waals surface area contributed by atoms with E-state index in [9.17, 15) is 14.7 Å². The normalized spacial score (nSPS) is 17.7. The first-order chi connectivity index (χ1) is 19.4. The summed E-state index contributed by atoms with van der Waals surface area (Å²) in [5.41, 5.74) is 2.76. The van der Waals surface area contributed by atoms with Crippen LogP contribution in [0.1, 0.15) is 32.4 Å². The molecule has 216 valence electrons. The van der Waals surface area contributed by atoms with E-state index in [1.54, 1.807) is 61.8 Å². The van der Waals surface area contributed by atoms with Gasteiger partial charge in [-0.15, -0.1) is 0 Å². The second-order valence-corrected chi connectivity index (χ2v) is 11.4. The van der Waals surface area contributed by atoms with Gasteiger partial charge in [0.25, 0.3) is 5.91 Å². The Morgan fingerprint density at radius 2 is 1.93 bits per heavy atom. The standard InChI is InChI=1S/C29H32ClN5O6/c1-29(2,3)33(4)28(38)26-22-15-41-24-11-23(40-6)20(16-12-31-34(13-16)14-25(36)37)10-21(24)27(22)35(32-26)18-7-17(30)8-19(9-18)39-5/h7-13,22,27H,14-15H2,1-6H3,(H,36,37). The van der Waals surface area contributed by atoms with Crippen LogP contribution >= 0.6 is 11.6 Å². The Labute approximate surface area is 242 Å². The zero-order valence-corrected chi connectivity index (χ0v) is 24.5. The molecule has 0 saturated carbocycles. The van der Waals surface area contributed by atoms with Gasteiger partial charge in [0, 0.05) is 52.6 Å². The topological polar surface area (TPSA) is 119 Å². The van der Waals surface area contributed by atoms with Gasteiger partial charge in [-0.05, 0) is 39.0 Å². The molecule has 11 nitrogen and oxygen atoms in total. The van der Waals surface area contributed by atoms with E-state index in [-0.39, 0.29) is 25.0 Å². The number of carboxylic acid groups (broad SMARTS) is 1. The van der Waals surface area contributed by atoms with E-state index in [1.165, 1.54) is 4.68 Å². The molecule has 12 heteroatoms. The van der Waals surface area contributed by atoms with Gasteiger partial charge in [-0.2, -0.15) is 10.2 Å². The molecule has 0 radical (unpaired) electrons. The smallest absolute Gasteiger partial charge is 0.325 e. The number of carboxylic acids is 1. The number of aliphatic carboxylic acids is 1. The fourth-order valence-corrected chi connectivity index (χ4v) is 5.24. The molecule has 1 N–H and O–H groups in total. The third-order valence-electron chi connectivity index (χ3n) is 7.41. The van der Waals surface area contributed by atoms with Gasteiger partial charge in [0.1, 0.15) is 29.5 Å². The predicted molar refractivity (Wildman–Crippen MR) is 154 cm³/mol. The van der Waals surface area contributed by atoms with Crippen molar-refractivity contribution in [2.45, 2.75) is 38.9 Å². The maximum atomic E-state index is 13.8. The Kier molecular flexibility index (Phi) is 7.33. The van der Waals surface area contributed by atoms with Crippen LogP contribution in [0.4, 0.5) is 5.69 Å². The van der Waals surface area contributed by atoms with Gasteiger partial charge in [0.05, 0.1) is 44.7 Å². The number of carbonyl (C=O) groups excluding carboxylic acids is 1. The first-order valence-electron chi connectivity index (χ1n) is 13.0. The van der Waals surface area contributed by atoms with Gasteiger partial charge >= 0.3 is 5.97 Å². The lowest BCUT2D eigenvalue weighted by molar-refractivity contribution is -0.138. The molecular formula is C29H32ClN5O6. The van der Waals surface area contributed by atoms with Gasteiger partial charge in [0.2, 0.25) is 0 Å². The van der Waals surface area contributed by atoms with Gasteiger partial charge in [0.15, 0.2) is 0 Å². The lowest BCUT2D eigenvalue weighted by Crippen LogP contribution is -2.48. The number of hydrogen-bond acceptors (Lipinski definition) is 8. The maximum absolute atomic E-state index is 13.8. The molecule has 3 heterocycles. The highest BCUT2D eigenvalue weighted by Gasteiger charge is 2.48. The minimum absolute atomic E-state index is 0.195. The van der Waals surface area contributed by atoms with Crippen LogP contribution in [0.3, 0.4) is 0 Å². The molecule has 3 aromatic rings. The number of aromatic nitrogens is 2. The Balaban J connectivity index is 1.66. The van der Waals surface area contributed by atoms with Crippen molar-refractivity contribution in [3.05, 3.63) is 53.3 Å². The van der Waals surface area contributed by atoms with Crippen LogP contribution in [0.2, 0.25) is 5.02 Å². The Morgan fingerprint density at radius 1 is 1.17 bits per heavy atom. The van der Waals surface area contributed by atoms with E-state index in [4.69, 9.17) is 30.9 Å². The predicted octanol–water partition coefficient (Wildman–Crippen LogP) is 4.49. The molecule has 0 saturated heterocycles. The highest BCUT2D eigenvalue weighted by atomic mass is 35.5. The molecule has 2 aromatic carbocycles. The average molecular weight is 582 g/mol. The minimum atomic E-state index is -0.999. The molecule has 0 fully saturated rings. The van der Waals surface area contributed by atoms with Crippen molar-refractivity contribution in [2.24, 2.45) is 11.0 Å². The van der Waals surface area contributed by atoms with Gasteiger partial charge < -0.3 is 24.2 Å². The van der Waals surface area contributed by atoms with Crippen LogP contribution in [0.15, 0.2) is 47.8 Å². The van der Waals surface area contributed by atoms with E-state index >= 15 is 0 Å². The van der Waals surface area contributed by atoms with Crippen LogP contribution in [-0.4, -0.2) is 70.8 Å². The summed E-state index contributed by atoms with van der Waals surface area (Å²) in [5.74, 6) is 0.105. The van der Waals surface area contributed by atoms with Gasteiger partial charge in [-0.3, -0.25) is 19.3 Å². The molecule has 2 unspecified atom stereocenters. The lowest BCUT2D eigenvalue weighted by atomic mass is 9.85. The summed E-state index contributed by atoms with van der Waals surface area (Å²) in [6.07, 6.45) is 3.24. The molecule has 0 aliphatic carbocycles. The summed E-state index contributed by atoms with van der Waals surface area (Å²) in [5, 5.41) is 20.5. The quantitative estimate of drug-likeness (QED) is 0.434. The van der Waals surface area contributed by atoms with Crippen LogP contribution in [0.5, 0.6) is 17.2 Å². The second kappa shape index (κ2) is 10.6. The fraction of sp³-hybridized carbons (Fsp3) is 0.379. The molecular weight excluding hydrogens is 550 g/mol. The number of halogens is 1. The van der Waals surface area contributed by atoms with E-state index in [0.29, 0.717) is 44.8 Å². The molecule has 1 aromatic heterocycles. The van der Waals surface area contributed by atoms with Crippen LogP contribution < -0.4 is 19.2 Å². The number of nitrogens with zero attached hydrogens (tertiary/aromatic N) is 5. The van der Waals surface area contributed by atoms with E-state index in [0.717, 1.165) is 5.56 Å². The number of benzene rings is 2. The third kappa shape index (κ3) is 5.29. The van der Waals surface area contributed by atoms with Gasteiger partial charge in [-0.25, -0.2) is 0 Å². The Bertz CT molecular complexity index is 1540. The van der Waals surface area contributed by atoms with Crippen LogP contribution in [0.25, 0.3) is 11.1 Å². The number of amides is 1. The molecule has 2 atom stereocenters. The Morgan fingerprint density at radius 3 is 2.59 bits per heavy atom. The number of methoxy groups -OCH3 is 2. The van der Waals surface area contributed by atoms with Crippen molar-refractivity contribution in [1.82, 2.24) is 14.7 Å². The molecule has 0 bridgehead atoms. The van der Waals surface area contributed by atoms with Crippen molar-refractivity contribution >= 4 is 34.9 Å². The fourth-order valence-electron chi connectivity index (χ4n) is 5.02. The largest absolute Gasteiger partial charge is 0.497 e. The van der Waals surface area contributed by atoms with E-state index < -0.39 is 17.6 Å². The Hall–Kier alpha value is -4.25. The number of fused-ring (bicyclic) bond motifs is 3. The summed E-state index contributed by atoms with van der Waals surface area (Å²) < 4.78 is 18.7. The van der Waals surface area contributed by atoms with E-state index in [2.05, 4.69) is 5.10 Å². The SMILES string of the molecule is COc1cc(Cl)cc(N2N=C(C(=O)N(C)C(C)(C)C)C3COc4cc(OC)c(-c5cnn(CC(=O)O)c5)cc4C32)c1. The van der Waals surface area contributed by atoms with Gasteiger partial charge in [-0.1, -0.05) is 11.6 Å². The zero-order valence-electron chi connectivity index (χ0n) is 23.7. The monoisotopic (exact) mass is 581 g/mol. The maximum Gasteiger partial charge on any atom is 0.325 e. The molecule has 5 rings (SSSR count).